The van der Waals surface area contributed by atoms with Gasteiger partial charge in [0.2, 0.25) is 6.08 Å². The van der Waals surface area contributed by atoms with Crippen LogP contribution in [0.5, 0.6) is 0 Å². The molecule has 68 valence electrons. The molecule has 1 aliphatic rings. The summed E-state index contributed by atoms with van der Waals surface area (Å²) in [5, 5.41) is 0. The zero-order valence-electron chi connectivity index (χ0n) is 8.51. The van der Waals surface area contributed by atoms with Gasteiger partial charge in [-0.15, -0.1) is 0 Å². The molecule has 0 saturated heterocycles. The molecule has 12 heavy (non-hydrogen) atoms. The van der Waals surface area contributed by atoms with Crippen molar-refractivity contribution in [2.45, 2.75) is 40.7 Å². The minimum atomic E-state index is 0.118. The molecule has 0 aromatic carbocycles. The van der Waals surface area contributed by atoms with E-state index in [-0.39, 0.29) is 6.04 Å². The van der Waals surface area contributed by atoms with Crippen molar-refractivity contribution in [1.82, 2.24) is 0 Å². The average molecular weight is 167 g/mol. The Morgan fingerprint density at radius 1 is 1.25 bits per heavy atom. The highest BCUT2D eigenvalue weighted by molar-refractivity contribution is 5.34. The van der Waals surface area contributed by atoms with Gasteiger partial charge in [0.05, 0.1) is 6.04 Å². The van der Waals surface area contributed by atoms with Gasteiger partial charge in [-0.3, -0.25) is 0 Å². The van der Waals surface area contributed by atoms with Gasteiger partial charge in [-0.05, 0) is 23.7 Å². The standard InChI is InChI=1S/C10H17NO/c1-7(11-6-12)8-9(2,3)10(8,4)5/h7-8H,1-5H3. The molecule has 2 nitrogen and oxygen atoms in total. The van der Waals surface area contributed by atoms with Gasteiger partial charge in [0, 0.05) is 0 Å². The molecule has 1 aliphatic carbocycles. The Hall–Kier alpha value is -0.620. The average Bonchev–Trinajstić information content (AvgIpc) is 2.24. The third-order valence-corrected chi connectivity index (χ3v) is 3.87. The first-order valence-corrected chi connectivity index (χ1v) is 4.42. The van der Waals surface area contributed by atoms with E-state index in [1.807, 2.05) is 6.92 Å². The summed E-state index contributed by atoms with van der Waals surface area (Å²) in [6, 6.07) is 0.118. The SMILES string of the molecule is CC(N=C=O)C1C(C)(C)C1(C)C. The Bertz CT molecular complexity index is 222. The Morgan fingerprint density at radius 2 is 1.67 bits per heavy atom. The summed E-state index contributed by atoms with van der Waals surface area (Å²) in [6.07, 6.45) is 1.64. The van der Waals surface area contributed by atoms with Gasteiger partial charge in [0.15, 0.2) is 0 Å². The maximum atomic E-state index is 10.1. The largest absolute Gasteiger partial charge is 0.235 e. The van der Waals surface area contributed by atoms with Crippen LogP contribution in [-0.4, -0.2) is 12.1 Å². The lowest BCUT2D eigenvalue weighted by atomic mass is 10.0. The Morgan fingerprint density at radius 3 is 1.92 bits per heavy atom. The number of hydrogen-bond acceptors (Lipinski definition) is 2. The number of isocyanates is 1. The lowest BCUT2D eigenvalue weighted by Crippen LogP contribution is -2.06. The van der Waals surface area contributed by atoms with Crippen LogP contribution in [0, 0.1) is 16.7 Å². The first kappa shape index (κ1) is 9.47. The fraction of sp³-hybridized carbons (Fsp3) is 0.900. The third-order valence-electron chi connectivity index (χ3n) is 3.87. The van der Waals surface area contributed by atoms with E-state index in [2.05, 4.69) is 32.7 Å². The van der Waals surface area contributed by atoms with E-state index in [1.165, 1.54) is 0 Å². The topological polar surface area (TPSA) is 29.4 Å². The third kappa shape index (κ3) is 1.02. The van der Waals surface area contributed by atoms with Crippen molar-refractivity contribution >= 4 is 6.08 Å². The summed E-state index contributed by atoms with van der Waals surface area (Å²) in [5.74, 6) is 0.520. The number of aliphatic imine (C=N–C) groups is 1. The number of hydrogen-bond donors (Lipinski definition) is 0. The van der Waals surface area contributed by atoms with Crippen LogP contribution in [0.15, 0.2) is 4.99 Å². The number of carbonyl (C=O) groups excluding carboxylic acids is 1. The van der Waals surface area contributed by atoms with Gasteiger partial charge >= 0.3 is 0 Å². The predicted molar refractivity (Wildman–Crippen MR) is 48.6 cm³/mol. The summed E-state index contributed by atoms with van der Waals surface area (Å²) in [5.41, 5.74) is 0.625. The normalized spacial score (nSPS) is 27.4. The zero-order chi connectivity index (χ0) is 9.57. The van der Waals surface area contributed by atoms with Crippen LogP contribution in [0.1, 0.15) is 34.6 Å². The highest BCUT2D eigenvalue weighted by Gasteiger charge is 2.66. The smallest absolute Gasteiger partial charge is 0.211 e. The van der Waals surface area contributed by atoms with Gasteiger partial charge in [-0.2, -0.15) is 0 Å². The molecule has 1 unspecified atom stereocenters. The summed E-state index contributed by atoms with van der Waals surface area (Å²) < 4.78 is 0. The number of rotatable bonds is 2. The first-order valence-electron chi connectivity index (χ1n) is 4.42. The molecule has 0 aromatic rings. The summed E-state index contributed by atoms with van der Waals surface area (Å²) in [7, 11) is 0. The van der Waals surface area contributed by atoms with E-state index in [0.717, 1.165) is 0 Å². The Labute approximate surface area is 74.1 Å². The van der Waals surface area contributed by atoms with Crippen LogP contribution in [-0.2, 0) is 4.79 Å². The molecule has 1 saturated carbocycles. The van der Waals surface area contributed by atoms with E-state index in [0.29, 0.717) is 16.7 Å². The molecule has 0 amide bonds. The fourth-order valence-corrected chi connectivity index (χ4v) is 2.61. The molecule has 1 rings (SSSR count). The molecule has 0 aromatic heterocycles. The second-order valence-corrected chi connectivity index (χ2v) is 4.88. The predicted octanol–water partition coefficient (Wildman–Crippen LogP) is 2.39. The van der Waals surface area contributed by atoms with Crippen molar-refractivity contribution in [3.63, 3.8) is 0 Å². The number of nitrogens with zero attached hydrogens (tertiary/aromatic N) is 1. The maximum Gasteiger partial charge on any atom is 0.235 e. The van der Waals surface area contributed by atoms with E-state index in [1.54, 1.807) is 6.08 Å². The van der Waals surface area contributed by atoms with Crippen molar-refractivity contribution in [3.05, 3.63) is 0 Å². The van der Waals surface area contributed by atoms with E-state index >= 15 is 0 Å². The quantitative estimate of drug-likeness (QED) is 0.458. The molecule has 0 N–H and O–H groups in total. The fourth-order valence-electron chi connectivity index (χ4n) is 2.61. The van der Waals surface area contributed by atoms with Crippen LogP contribution >= 0.6 is 0 Å². The summed E-state index contributed by atoms with van der Waals surface area (Å²) in [6.45, 7) is 10.9. The minimum absolute atomic E-state index is 0.118. The summed E-state index contributed by atoms with van der Waals surface area (Å²) in [4.78, 5) is 13.9. The lowest BCUT2D eigenvalue weighted by Gasteiger charge is -2.04. The van der Waals surface area contributed by atoms with Crippen molar-refractivity contribution in [1.29, 1.82) is 0 Å². The van der Waals surface area contributed by atoms with E-state index in [9.17, 15) is 4.79 Å². The minimum Gasteiger partial charge on any atom is -0.211 e. The maximum absolute atomic E-state index is 10.1. The molecule has 0 aliphatic heterocycles. The van der Waals surface area contributed by atoms with Crippen LogP contribution in [0.4, 0.5) is 0 Å². The van der Waals surface area contributed by atoms with Crippen molar-refractivity contribution in [2.24, 2.45) is 21.7 Å². The summed E-state index contributed by atoms with van der Waals surface area (Å²) >= 11 is 0. The first-order chi connectivity index (χ1) is 5.35. The highest BCUT2D eigenvalue weighted by Crippen LogP contribution is 2.69. The van der Waals surface area contributed by atoms with E-state index < -0.39 is 0 Å². The van der Waals surface area contributed by atoms with Crippen LogP contribution in [0.25, 0.3) is 0 Å². The highest BCUT2D eigenvalue weighted by atomic mass is 16.1. The monoisotopic (exact) mass is 167 g/mol. The van der Waals surface area contributed by atoms with Gasteiger partial charge < -0.3 is 0 Å². The van der Waals surface area contributed by atoms with Gasteiger partial charge in [-0.25, -0.2) is 9.79 Å². The second-order valence-electron chi connectivity index (χ2n) is 4.88. The van der Waals surface area contributed by atoms with Crippen molar-refractivity contribution in [2.75, 3.05) is 0 Å². The van der Waals surface area contributed by atoms with Crippen LogP contribution < -0.4 is 0 Å². The van der Waals surface area contributed by atoms with Gasteiger partial charge in [-0.1, -0.05) is 27.7 Å². The Balaban J connectivity index is 2.76. The van der Waals surface area contributed by atoms with E-state index in [4.69, 9.17) is 0 Å². The van der Waals surface area contributed by atoms with Crippen molar-refractivity contribution in [3.8, 4) is 0 Å². The molecule has 0 heterocycles. The second kappa shape index (κ2) is 2.43. The van der Waals surface area contributed by atoms with Crippen LogP contribution in [0.2, 0.25) is 0 Å². The lowest BCUT2D eigenvalue weighted by molar-refractivity contribution is 0.457. The molecule has 0 bridgehead atoms. The van der Waals surface area contributed by atoms with Gasteiger partial charge in [0.25, 0.3) is 0 Å². The molecule has 0 radical (unpaired) electrons. The zero-order valence-corrected chi connectivity index (χ0v) is 8.51. The molecule has 2 heteroatoms. The Kier molecular flexibility index (Phi) is 1.92. The molecule has 0 spiro atoms. The molecular formula is C10H17NO. The molecule has 1 fully saturated rings. The van der Waals surface area contributed by atoms with Gasteiger partial charge in [0.1, 0.15) is 0 Å². The molecular weight excluding hydrogens is 150 g/mol. The van der Waals surface area contributed by atoms with Crippen LogP contribution in [0.3, 0.4) is 0 Å². The van der Waals surface area contributed by atoms with Crippen molar-refractivity contribution < 1.29 is 4.79 Å². The molecule has 1 atom stereocenters.